The number of amides is 1. The maximum Gasteiger partial charge on any atom is 0.289 e. The number of halogens is 1. The fourth-order valence-electron chi connectivity index (χ4n) is 2.48. The van der Waals surface area contributed by atoms with Gasteiger partial charge in [0.1, 0.15) is 4.21 Å². The second-order valence-electron chi connectivity index (χ2n) is 5.22. The van der Waals surface area contributed by atoms with Gasteiger partial charge >= 0.3 is 0 Å². The van der Waals surface area contributed by atoms with Crippen molar-refractivity contribution >= 4 is 43.2 Å². The average molecular weight is 419 g/mol. The van der Waals surface area contributed by atoms with Gasteiger partial charge in [-0.05, 0) is 52.4 Å². The van der Waals surface area contributed by atoms with Crippen LogP contribution in [-0.4, -0.2) is 38.4 Å². The summed E-state index contributed by atoms with van der Waals surface area (Å²) in [5, 5.41) is 1.73. The number of hydrogen-bond acceptors (Lipinski definition) is 5. The van der Waals surface area contributed by atoms with Crippen molar-refractivity contribution < 1.29 is 17.6 Å². The molecule has 3 heterocycles. The number of carbonyl (C=O) groups excluding carboxylic acids is 1. The van der Waals surface area contributed by atoms with Gasteiger partial charge in [-0.15, -0.1) is 11.3 Å². The van der Waals surface area contributed by atoms with Gasteiger partial charge < -0.3 is 9.32 Å². The standard InChI is InChI=1S/C14H15BrN2O4S2/c15-12-4-3-11(21-12)14(18)17-7-5-10(6-8-17)16-23(19,20)13-2-1-9-22-13/h1-4,9-10,16H,5-8H2. The Balaban J connectivity index is 1.57. The van der Waals surface area contributed by atoms with E-state index in [1.165, 1.54) is 11.3 Å². The SMILES string of the molecule is O=C(c1ccc(Br)o1)N1CCC(NS(=O)(=O)c2cccs2)CC1. The van der Waals surface area contributed by atoms with Crippen molar-refractivity contribution in [3.8, 4) is 0 Å². The van der Waals surface area contributed by atoms with Crippen molar-refractivity contribution in [2.75, 3.05) is 13.1 Å². The highest BCUT2D eigenvalue weighted by Crippen LogP contribution is 2.21. The lowest BCUT2D eigenvalue weighted by Crippen LogP contribution is -2.46. The fourth-order valence-corrected chi connectivity index (χ4v) is 5.10. The normalized spacial score (nSPS) is 16.7. The summed E-state index contributed by atoms with van der Waals surface area (Å²) in [6.45, 7) is 0.990. The van der Waals surface area contributed by atoms with E-state index in [1.807, 2.05) is 0 Å². The molecule has 124 valence electrons. The van der Waals surface area contributed by atoms with Crippen molar-refractivity contribution in [1.82, 2.24) is 9.62 Å². The largest absolute Gasteiger partial charge is 0.444 e. The zero-order valence-corrected chi connectivity index (χ0v) is 15.3. The third kappa shape index (κ3) is 3.85. The van der Waals surface area contributed by atoms with Gasteiger partial charge in [0, 0.05) is 19.1 Å². The van der Waals surface area contributed by atoms with Gasteiger partial charge in [-0.1, -0.05) is 6.07 Å². The van der Waals surface area contributed by atoms with Crippen LogP contribution in [0.2, 0.25) is 0 Å². The third-order valence-corrected chi connectivity index (χ3v) is 6.99. The molecule has 0 aliphatic carbocycles. The van der Waals surface area contributed by atoms with E-state index in [0.29, 0.717) is 34.8 Å². The highest BCUT2D eigenvalue weighted by Gasteiger charge is 2.28. The fraction of sp³-hybridized carbons (Fsp3) is 0.357. The van der Waals surface area contributed by atoms with Crippen LogP contribution < -0.4 is 4.72 Å². The summed E-state index contributed by atoms with van der Waals surface area (Å²) in [6.07, 6.45) is 1.16. The van der Waals surface area contributed by atoms with Gasteiger partial charge in [-0.3, -0.25) is 4.79 Å². The van der Waals surface area contributed by atoms with E-state index in [1.54, 1.807) is 34.5 Å². The first-order chi connectivity index (χ1) is 11.0. The van der Waals surface area contributed by atoms with E-state index in [2.05, 4.69) is 20.7 Å². The second-order valence-corrected chi connectivity index (χ2v) is 8.89. The predicted molar refractivity (Wildman–Crippen MR) is 90.0 cm³/mol. The molecule has 1 amide bonds. The van der Waals surface area contributed by atoms with Gasteiger partial charge in [0.05, 0.1) is 0 Å². The Morgan fingerprint density at radius 1 is 1.30 bits per heavy atom. The van der Waals surface area contributed by atoms with Gasteiger partial charge in [0.2, 0.25) is 10.0 Å². The lowest BCUT2D eigenvalue weighted by atomic mass is 10.1. The monoisotopic (exact) mass is 418 g/mol. The Kier molecular flexibility index (Phi) is 4.90. The first-order valence-electron chi connectivity index (χ1n) is 7.06. The molecule has 1 fully saturated rings. The number of thiophene rings is 1. The van der Waals surface area contributed by atoms with Crippen LogP contribution in [0.3, 0.4) is 0 Å². The Labute approximate surface area is 146 Å². The molecule has 2 aromatic heterocycles. The second kappa shape index (κ2) is 6.76. The van der Waals surface area contributed by atoms with E-state index in [9.17, 15) is 13.2 Å². The summed E-state index contributed by atoms with van der Waals surface area (Å²) in [7, 11) is -3.46. The first kappa shape index (κ1) is 16.7. The van der Waals surface area contributed by atoms with Crippen molar-refractivity contribution in [2.45, 2.75) is 23.1 Å². The highest BCUT2D eigenvalue weighted by atomic mass is 79.9. The molecule has 0 saturated carbocycles. The summed E-state index contributed by atoms with van der Waals surface area (Å²) in [5.41, 5.74) is 0. The van der Waals surface area contributed by atoms with Crippen LogP contribution in [0, 0.1) is 0 Å². The Bertz CT molecular complexity index is 778. The number of furan rings is 1. The lowest BCUT2D eigenvalue weighted by Gasteiger charge is -2.31. The zero-order valence-electron chi connectivity index (χ0n) is 12.1. The number of carbonyl (C=O) groups is 1. The van der Waals surface area contributed by atoms with Crippen LogP contribution in [0.4, 0.5) is 0 Å². The third-order valence-electron chi connectivity index (χ3n) is 3.65. The summed E-state index contributed by atoms with van der Waals surface area (Å²) in [4.78, 5) is 13.9. The quantitative estimate of drug-likeness (QED) is 0.827. The first-order valence-corrected chi connectivity index (χ1v) is 10.2. The van der Waals surface area contributed by atoms with Gasteiger partial charge in [0.15, 0.2) is 10.4 Å². The minimum Gasteiger partial charge on any atom is -0.444 e. The van der Waals surface area contributed by atoms with E-state index >= 15 is 0 Å². The lowest BCUT2D eigenvalue weighted by molar-refractivity contribution is 0.0677. The molecule has 1 aliphatic heterocycles. The molecule has 23 heavy (non-hydrogen) atoms. The maximum atomic E-state index is 12.3. The maximum absolute atomic E-state index is 12.3. The average Bonchev–Trinajstić information content (AvgIpc) is 3.18. The van der Waals surface area contributed by atoms with Crippen molar-refractivity contribution in [2.24, 2.45) is 0 Å². The van der Waals surface area contributed by atoms with E-state index < -0.39 is 10.0 Å². The van der Waals surface area contributed by atoms with Gasteiger partial charge in [-0.25, -0.2) is 13.1 Å². The van der Waals surface area contributed by atoms with Gasteiger partial charge in [0.25, 0.3) is 5.91 Å². The molecule has 0 bridgehead atoms. The van der Waals surface area contributed by atoms with Crippen LogP contribution in [-0.2, 0) is 10.0 Å². The van der Waals surface area contributed by atoms with Crippen LogP contribution >= 0.6 is 27.3 Å². The zero-order chi connectivity index (χ0) is 16.4. The molecule has 0 unspecified atom stereocenters. The number of likely N-dealkylation sites (tertiary alicyclic amines) is 1. The number of hydrogen-bond donors (Lipinski definition) is 1. The van der Waals surface area contributed by atoms with Crippen LogP contribution in [0.25, 0.3) is 0 Å². The van der Waals surface area contributed by atoms with Crippen molar-refractivity contribution in [1.29, 1.82) is 0 Å². The molecular formula is C14H15BrN2O4S2. The molecule has 3 rings (SSSR count). The molecule has 1 saturated heterocycles. The molecule has 6 nitrogen and oxygen atoms in total. The molecule has 0 radical (unpaired) electrons. The van der Waals surface area contributed by atoms with Crippen LogP contribution in [0.5, 0.6) is 0 Å². The summed E-state index contributed by atoms with van der Waals surface area (Å²) in [5.74, 6) is 0.116. The Hall–Kier alpha value is -1.16. The molecule has 0 spiro atoms. The molecule has 0 aromatic carbocycles. The predicted octanol–water partition coefficient (Wildman–Crippen LogP) is 2.69. The summed E-state index contributed by atoms with van der Waals surface area (Å²) < 4.78 is 33.2. The topological polar surface area (TPSA) is 79.6 Å². The van der Waals surface area contributed by atoms with E-state index in [0.717, 1.165) is 0 Å². The molecule has 2 aromatic rings. The molecule has 1 aliphatic rings. The number of nitrogens with one attached hydrogen (secondary N) is 1. The summed E-state index contributed by atoms with van der Waals surface area (Å²) in [6, 6.07) is 6.43. The Morgan fingerprint density at radius 3 is 2.61 bits per heavy atom. The van der Waals surface area contributed by atoms with Gasteiger partial charge in [-0.2, -0.15) is 0 Å². The van der Waals surface area contributed by atoms with Crippen molar-refractivity contribution in [3.63, 3.8) is 0 Å². The number of sulfonamides is 1. The minimum absolute atomic E-state index is 0.158. The molecular weight excluding hydrogens is 404 g/mol. The minimum atomic E-state index is -3.46. The van der Waals surface area contributed by atoms with Crippen LogP contribution in [0.1, 0.15) is 23.4 Å². The number of nitrogens with zero attached hydrogens (tertiary/aromatic N) is 1. The van der Waals surface area contributed by atoms with Crippen molar-refractivity contribution in [3.05, 3.63) is 40.1 Å². The van der Waals surface area contributed by atoms with E-state index in [-0.39, 0.29) is 17.7 Å². The number of rotatable bonds is 4. The highest BCUT2D eigenvalue weighted by molar-refractivity contribution is 9.10. The molecule has 0 atom stereocenters. The summed E-state index contributed by atoms with van der Waals surface area (Å²) >= 11 is 4.36. The van der Waals surface area contributed by atoms with E-state index in [4.69, 9.17) is 4.42 Å². The Morgan fingerprint density at radius 2 is 2.04 bits per heavy atom. The molecule has 9 heteroatoms. The smallest absolute Gasteiger partial charge is 0.289 e. The number of piperidine rings is 1. The molecule has 1 N–H and O–H groups in total. The van der Waals surface area contributed by atoms with Crippen LogP contribution in [0.15, 0.2) is 42.9 Å².